The molecule has 0 saturated carbocycles. The summed E-state index contributed by atoms with van der Waals surface area (Å²) in [7, 11) is 3.31. The van der Waals surface area contributed by atoms with Crippen LogP contribution in [0.4, 0.5) is 13.2 Å². The SMILES string of the molecule is CN=C(NCc1csc(-c2ccc(OC)cc2)n1)N1CCN(C(C)C(F)(F)F)CC1.I. The van der Waals surface area contributed by atoms with Gasteiger partial charge in [0.15, 0.2) is 5.96 Å². The molecule has 0 radical (unpaired) electrons. The Morgan fingerprint density at radius 1 is 1.23 bits per heavy atom. The Morgan fingerprint density at radius 3 is 2.42 bits per heavy atom. The fraction of sp³-hybridized carbons (Fsp3) is 0.500. The molecule has 6 nitrogen and oxygen atoms in total. The molecule has 0 bridgehead atoms. The molecule has 1 aromatic carbocycles. The van der Waals surface area contributed by atoms with Crippen molar-refractivity contribution in [2.75, 3.05) is 40.3 Å². The van der Waals surface area contributed by atoms with Crippen LogP contribution in [0.2, 0.25) is 0 Å². The van der Waals surface area contributed by atoms with Crippen molar-refractivity contribution in [3.8, 4) is 16.3 Å². The van der Waals surface area contributed by atoms with E-state index in [4.69, 9.17) is 4.74 Å². The number of alkyl halides is 3. The zero-order chi connectivity index (χ0) is 21.7. The van der Waals surface area contributed by atoms with Crippen molar-refractivity contribution in [1.82, 2.24) is 20.1 Å². The number of thiazole rings is 1. The van der Waals surface area contributed by atoms with Gasteiger partial charge in [0.2, 0.25) is 0 Å². The van der Waals surface area contributed by atoms with E-state index in [2.05, 4.69) is 15.3 Å². The summed E-state index contributed by atoms with van der Waals surface area (Å²) in [6, 6.07) is 6.30. The van der Waals surface area contributed by atoms with E-state index in [1.54, 1.807) is 25.5 Å². The standard InChI is InChI=1S/C20H26F3N5OS.HI/c1-14(20(21,22)23)27-8-10-28(11-9-27)19(24-2)25-12-16-13-30-18(26-16)15-4-6-17(29-3)7-5-15;/h4-7,13-14H,8-12H2,1-3H3,(H,24,25);1H. The van der Waals surface area contributed by atoms with Gasteiger partial charge >= 0.3 is 6.18 Å². The molecule has 0 aliphatic carbocycles. The fourth-order valence-corrected chi connectivity index (χ4v) is 4.11. The molecule has 0 amide bonds. The number of aliphatic imine (C=N–C) groups is 1. The van der Waals surface area contributed by atoms with Crippen molar-refractivity contribution in [3.05, 3.63) is 35.3 Å². The van der Waals surface area contributed by atoms with Crippen LogP contribution in [0.5, 0.6) is 5.75 Å². The summed E-state index contributed by atoms with van der Waals surface area (Å²) in [5.74, 6) is 1.47. The lowest BCUT2D eigenvalue weighted by molar-refractivity contribution is -0.181. The minimum atomic E-state index is -4.20. The van der Waals surface area contributed by atoms with Crippen LogP contribution < -0.4 is 10.1 Å². The Kier molecular flexibility index (Phi) is 9.37. The smallest absolute Gasteiger partial charge is 0.403 e. The van der Waals surface area contributed by atoms with Crippen LogP contribution in [0.3, 0.4) is 0 Å². The van der Waals surface area contributed by atoms with Gasteiger partial charge in [0, 0.05) is 44.2 Å². The second kappa shape index (κ2) is 11.3. The number of halogens is 4. The second-order valence-electron chi connectivity index (χ2n) is 7.01. The molecule has 1 saturated heterocycles. The van der Waals surface area contributed by atoms with Crippen molar-refractivity contribution in [3.63, 3.8) is 0 Å². The van der Waals surface area contributed by atoms with E-state index in [-0.39, 0.29) is 24.0 Å². The van der Waals surface area contributed by atoms with E-state index in [1.807, 2.05) is 34.5 Å². The number of benzene rings is 1. The number of nitrogens with zero attached hydrogens (tertiary/aromatic N) is 4. The topological polar surface area (TPSA) is 53.0 Å². The highest BCUT2D eigenvalue weighted by molar-refractivity contribution is 14.0. The summed E-state index contributed by atoms with van der Waals surface area (Å²) in [6.45, 7) is 3.39. The van der Waals surface area contributed by atoms with Crippen molar-refractivity contribution < 1.29 is 17.9 Å². The summed E-state index contributed by atoms with van der Waals surface area (Å²) in [5.41, 5.74) is 1.91. The zero-order valence-electron chi connectivity index (χ0n) is 17.6. The molecule has 1 aliphatic heterocycles. The molecule has 1 atom stereocenters. The summed E-state index contributed by atoms with van der Waals surface area (Å²) in [4.78, 5) is 12.4. The van der Waals surface area contributed by atoms with Crippen LogP contribution >= 0.6 is 35.3 Å². The minimum Gasteiger partial charge on any atom is -0.497 e. The third-order valence-electron chi connectivity index (χ3n) is 5.16. The van der Waals surface area contributed by atoms with Crippen molar-refractivity contribution >= 4 is 41.3 Å². The second-order valence-corrected chi connectivity index (χ2v) is 7.87. The number of methoxy groups -OCH3 is 1. The number of guanidine groups is 1. The Labute approximate surface area is 201 Å². The van der Waals surface area contributed by atoms with Gasteiger partial charge in [-0.05, 0) is 31.2 Å². The monoisotopic (exact) mass is 569 g/mol. The average Bonchev–Trinajstić information content (AvgIpc) is 3.22. The third kappa shape index (κ3) is 6.69. The van der Waals surface area contributed by atoms with Crippen molar-refractivity contribution in [2.45, 2.75) is 25.7 Å². The molecule has 2 heterocycles. The maximum atomic E-state index is 12.9. The van der Waals surface area contributed by atoms with Crippen LogP contribution in [-0.4, -0.2) is 73.3 Å². The fourth-order valence-electron chi connectivity index (χ4n) is 3.28. The lowest BCUT2D eigenvalue weighted by Gasteiger charge is -2.39. The number of nitrogens with one attached hydrogen (secondary N) is 1. The molecule has 31 heavy (non-hydrogen) atoms. The van der Waals surface area contributed by atoms with Crippen LogP contribution in [0.1, 0.15) is 12.6 Å². The van der Waals surface area contributed by atoms with E-state index in [0.717, 1.165) is 22.0 Å². The van der Waals surface area contributed by atoms with E-state index in [9.17, 15) is 13.2 Å². The molecule has 3 rings (SSSR count). The Bertz CT molecular complexity index is 851. The van der Waals surface area contributed by atoms with Gasteiger partial charge in [-0.2, -0.15) is 13.2 Å². The van der Waals surface area contributed by atoms with Crippen molar-refractivity contribution in [1.29, 1.82) is 0 Å². The van der Waals surface area contributed by atoms with Gasteiger partial charge in [-0.1, -0.05) is 0 Å². The van der Waals surface area contributed by atoms with Crippen molar-refractivity contribution in [2.24, 2.45) is 4.99 Å². The predicted molar refractivity (Wildman–Crippen MR) is 128 cm³/mol. The molecule has 2 aromatic rings. The minimum absolute atomic E-state index is 0. The molecule has 1 unspecified atom stereocenters. The molecular weight excluding hydrogens is 542 g/mol. The molecule has 0 spiro atoms. The van der Waals surface area contributed by atoms with E-state index >= 15 is 0 Å². The summed E-state index contributed by atoms with van der Waals surface area (Å²) < 4.78 is 43.9. The summed E-state index contributed by atoms with van der Waals surface area (Å²) >= 11 is 1.56. The predicted octanol–water partition coefficient (Wildman–Crippen LogP) is 4.08. The van der Waals surface area contributed by atoms with Crippen LogP contribution in [-0.2, 0) is 6.54 Å². The van der Waals surface area contributed by atoms with E-state index in [1.165, 1.54) is 11.8 Å². The lowest BCUT2D eigenvalue weighted by Crippen LogP contribution is -2.56. The number of ether oxygens (including phenoxy) is 1. The molecular formula is C20H27F3IN5OS. The normalized spacial score (nSPS) is 16.6. The average molecular weight is 569 g/mol. The number of piperazine rings is 1. The quantitative estimate of drug-likeness (QED) is 0.334. The zero-order valence-corrected chi connectivity index (χ0v) is 20.8. The number of aromatic nitrogens is 1. The number of hydrogen-bond donors (Lipinski definition) is 1. The largest absolute Gasteiger partial charge is 0.497 e. The van der Waals surface area contributed by atoms with Gasteiger partial charge in [0.25, 0.3) is 0 Å². The summed E-state index contributed by atoms with van der Waals surface area (Å²) in [5, 5.41) is 6.18. The molecule has 1 fully saturated rings. The maximum Gasteiger partial charge on any atom is 0.403 e. The first-order valence-corrected chi connectivity index (χ1v) is 10.5. The van der Waals surface area contributed by atoms with E-state index in [0.29, 0.717) is 38.7 Å². The van der Waals surface area contributed by atoms with Gasteiger partial charge in [-0.15, -0.1) is 35.3 Å². The third-order valence-corrected chi connectivity index (χ3v) is 6.10. The van der Waals surface area contributed by atoms with Gasteiger partial charge in [-0.3, -0.25) is 9.89 Å². The van der Waals surface area contributed by atoms with Gasteiger partial charge in [0.05, 0.1) is 19.3 Å². The van der Waals surface area contributed by atoms with Crippen LogP contribution in [0, 0.1) is 0 Å². The summed E-state index contributed by atoms with van der Waals surface area (Å²) in [6.07, 6.45) is -4.20. The Balaban J connectivity index is 0.00000341. The molecule has 1 aromatic heterocycles. The van der Waals surface area contributed by atoms with Crippen LogP contribution in [0.15, 0.2) is 34.6 Å². The first kappa shape index (κ1) is 25.7. The number of rotatable bonds is 5. The highest BCUT2D eigenvalue weighted by Gasteiger charge is 2.41. The molecule has 1 N–H and O–H groups in total. The molecule has 172 valence electrons. The first-order valence-electron chi connectivity index (χ1n) is 9.67. The molecule has 1 aliphatic rings. The maximum absolute atomic E-state index is 12.9. The number of hydrogen-bond acceptors (Lipinski definition) is 5. The highest BCUT2D eigenvalue weighted by atomic mass is 127. The van der Waals surface area contributed by atoms with Gasteiger partial charge in [0.1, 0.15) is 16.8 Å². The van der Waals surface area contributed by atoms with Gasteiger partial charge < -0.3 is 15.0 Å². The van der Waals surface area contributed by atoms with Crippen LogP contribution in [0.25, 0.3) is 10.6 Å². The van der Waals surface area contributed by atoms with E-state index < -0.39 is 12.2 Å². The highest BCUT2D eigenvalue weighted by Crippen LogP contribution is 2.26. The Morgan fingerprint density at radius 2 is 1.87 bits per heavy atom. The first-order chi connectivity index (χ1) is 14.3. The molecule has 11 heteroatoms. The van der Waals surface area contributed by atoms with Gasteiger partial charge in [-0.25, -0.2) is 4.98 Å². The lowest BCUT2D eigenvalue weighted by atomic mass is 10.2. The Hall–Kier alpha value is -1.60.